The monoisotopic (exact) mass is 379 g/mol. The maximum Gasteiger partial charge on any atom is 0.230 e. The van der Waals surface area contributed by atoms with E-state index in [9.17, 15) is 9.59 Å². The lowest BCUT2D eigenvalue weighted by atomic mass is 9.60. The van der Waals surface area contributed by atoms with Crippen molar-refractivity contribution in [3.05, 3.63) is 0 Å². The topological polar surface area (TPSA) is 53.1 Å². The van der Waals surface area contributed by atoms with Gasteiger partial charge in [-0.05, 0) is 32.1 Å². The summed E-state index contributed by atoms with van der Waals surface area (Å²) in [6.45, 7) is 13.0. The summed E-state index contributed by atoms with van der Waals surface area (Å²) in [5.74, 6) is 1.02. The van der Waals surface area contributed by atoms with Crippen LogP contribution in [0.4, 0.5) is 0 Å². The van der Waals surface area contributed by atoms with Gasteiger partial charge in [0.15, 0.2) is 0 Å². The average Bonchev–Trinajstić information content (AvgIpc) is 3.12. The van der Waals surface area contributed by atoms with Crippen LogP contribution in [0, 0.1) is 16.7 Å². The molecule has 6 heteroatoms. The van der Waals surface area contributed by atoms with Crippen molar-refractivity contribution in [3.63, 3.8) is 0 Å². The number of piperidine rings is 1. The SMILES string of the molecule is CCN1CCC2(CN(CCOC)CC23CCN(C(=O)CC(C)C)CC3)C1=O. The first-order chi connectivity index (χ1) is 12.9. The molecule has 0 bridgehead atoms. The number of hydrogen-bond acceptors (Lipinski definition) is 4. The van der Waals surface area contributed by atoms with Crippen molar-refractivity contribution in [1.29, 1.82) is 0 Å². The standard InChI is InChI=1S/C21H37N3O3/c1-5-23-11-8-21(19(23)26)16-22(12-13-27-4)15-20(21)6-9-24(10-7-20)18(25)14-17(2)3/h17H,5-16H2,1-4H3. The lowest BCUT2D eigenvalue weighted by Gasteiger charge is -2.47. The third-order valence-electron chi connectivity index (χ3n) is 7.19. The minimum absolute atomic E-state index is 0.0103. The van der Waals surface area contributed by atoms with Crippen LogP contribution in [0.15, 0.2) is 0 Å². The van der Waals surface area contributed by atoms with E-state index in [1.807, 2.05) is 9.80 Å². The van der Waals surface area contributed by atoms with Crippen LogP contribution in [-0.4, -0.2) is 86.0 Å². The molecule has 0 aliphatic carbocycles. The number of methoxy groups -OCH3 is 1. The molecule has 154 valence electrons. The van der Waals surface area contributed by atoms with Gasteiger partial charge >= 0.3 is 0 Å². The fourth-order valence-electron chi connectivity index (χ4n) is 5.64. The first kappa shape index (κ1) is 20.6. The van der Waals surface area contributed by atoms with E-state index in [0.29, 0.717) is 24.9 Å². The molecule has 3 fully saturated rings. The Kier molecular flexibility index (Phi) is 6.16. The van der Waals surface area contributed by atoms with Gasteiger partial charge in [-0.15, -0.1) is 0 Å². The van der Waals surface area contributed by atoms with Crippen LogP contribution in [0.2, 0.25) is 0 Å². The first-order valence-corrected chi connectivity index (χ1v) is 10.7. The summed E-state index contributed by atoms with van der Waals surface area (Å²) < 4.78 is 5.30. The van der Waals surface area contributed by atoms with Crippen molar-refractivity contribution in [2.24, 2.45) is 16.7 Å². The summed E-state index contributed by atoms with van der Waals surface area (Å²) in [7, 11) is 1.74. The van der Waals surface area contributed by atoms with E-state index >= 15 is 0 Å². The second kappa shape index (κ2) is 8.08. The molecule has 27 heavy (non-hydrogen) atoms. The molecule has 0 N–H and O–H groups in total. The van der Waals surface area contributed by atoms with E-state index in [1.165, 1.54) is 0 Å². The van der Waals surface area contributed by atoms with Gasteiger partial charge in [-0.2, -0.15) is 0 Å². The Morgan fingerprint density at radius 2 is 1.85 bits per heavy atom. The molecule has 6 nitrogen and oxygen atoms in total. The highest BCUT2D eigenvalue weighted by Gasteiger charge is 2.64. The molecule has 0 aromatic heterocycles. The van der Waals surface area contributed by atoms with Crippen molar-refractivity contribution in [1.82, 2.24) is 14.7 Å². The molecule has 2 spiro atoms. The minimum Gasteiger partial charge on any atom is -0.383 e. The van der Waals surface area contributed by atoms with Gasteiger partial charge in [0.25, 0.3) is 0 Å². The van der Waals surface area contributed by atoms with Crippen LogP contribution in [-0.2, 0) is 14.3 Å². The minimum atomic E-state index is -0.260. The number of rotatable bonds is 6. The lowest BCUT2D eigenvalue weighted by molar-refractivity contribution is -0.144. The molecular formula is C21H37N3O3. The fourth-order valence-corrected chi connectivity index (χ4v) is 5.64. The Balaban J connectivity index is 1.77. The van der Waals surface area contributed by atoms with Gasteiger partial charge in [-0.25, -0.2) is 0 Å². The van der Waals surface area contributed by atoms with Crippen LogP contribution >= 0.6 is 0 Å². The maximum absolute atomic E-state index is 13.4. The zero-order chi connectivity index (χ0) is 19.7. The fraction of sp³-hybridized carbons (Fsp3) is 0.905. The lowest BCUT2D eigenvalue weighted by Crippen LogP contribution is -2.53. The predicted molar refractivity (Wildman–Crippen MR) is 105 cm³/mol. The molecule has 3 rings (SSSR count). The highest BCUT2D eigenvalue weighted by molar-refractivity contribution is 5.87. The van der Waals surface area contributed by atoms with Gasteiger partial charge in [0.1, 0.15) is 0 Å². The molecule has 2 amide bonds. The first-order valence-electron chi connectivity index (χ1n) is 10.7. The van der Waals surface area contributed by atoms with Gasteiger partial charge in [0, 0.05) is 64.8 Å². The van der Waals surface area contributed by atoms with E-state index < -0.39 is 0 Å². The van der Waals surface area contributed by atoms with E-state index in [4.69, 9.17) is 4.74 Å². The van der Waals surface area contributed by atoms with Gasteiger partial charge in [-0.3, -0.25) is 14.5 Å². The van der Waals surface area contributed by atoms with Crippen LogP contribution < -0.4 is 0 Å². The molecule has 0 saturated carbocycles. The van der Waals surface area contributed by atoms with Gasteiger partial charge in [0.2, 0.25) is 11.8 Å². The summed E-state index contributed by atoms with van der Waals surface area (Å²) in [5, 5.41) is 0. The van der Waals surface area contributed by atoms with Crippen molar-refractivity contribution < 1.29 is 14.3 Å². The van der Waals surface area contributed by atoms with E-state index in [1.54, 1.807) is 7.11 Å². The van der Waals surface area contributed by atoms with E-state index in [0.717, 1.165) is 65.1 Å². The van der Waals surface area contributed by atoms with Crippen molar-refractivity contribution in [2.45, 2.75) is 46.5 Å². The summed E-state index contributed by atoms with van der Waals surface area (Å²) in [6.07, 6.45) is 3.48. The molecule has 0 aromatic carbocycles. The smallest absolute Gasteiger partial charge is 0.230 e. The Labute approximate surface area is 164 Å². The highest BCUT2D eigenvalue weighted by atomic mass is 16.5. The third kappa shape index (κ3) is 3.63. The van der Waals surface area contributed by atoms with Gasteiger partial charge in [-0.1, -0.05) is 13.8 Å². The molecular weight excluding hydrogens is 342 g/mol. The number of hydrogen-bond donors (Lipinski definition) is 0. The number of carbonyl (C=O) groups is 2. The van der Waals surface area contributed by atoms with E-state index in [2.05, 4.69) is 25.7 Å². The van der Waals surface area contributed by atoms with Crippen LogP contribution in [0.25, 0.3) is 0 Å². The van der Waals surface area contributed by atoms with Crippen molar-refractivity contribution in [2.75, 3.05) is 59.5 Å². The Morgan fingerprint density at radius 1 is 1.15 bits per heavy atom. The third-order valence-corrected chi connectivity index (χ3v) is 7.19. The normalized spacial score (nSPS) is 28.3. The van der Waals surface area contributed by atoms with Crippen LogP contribution in [0.5, 0.6) is 0 Å². The summed E-state index contributed by atoms with van der Waals surface area (Å²) in [6, 6.07) is 0. The number of ether oxygens (including phenoxy) is 1. The number of amides is 2. The molecule has 0 aromatic rings. The average molecular weight is 380 g/mol. The summed E-state index contributed by atoms with van der Waals surface area (Å²) in [5.41, 5.74) is -0.250. The van der Waals surface area contributed by atoms with Crippen LogP contribution in [0.3, 0.4) is 0 Å². The second-order valence-corrected chi connectivity index (χ2v) is 9.18. The largest absolute Gasteiger partial charge is 0.383 e. The highest BCUT2D eigenvalue weighted by Crippen LogP contribution is 2.57. The van der Waals surface area contributed by atoms with E-state index in [-0.39, 0.29) is 16.7 Å². The molecule has 3 aliphatic rings. The quantitative estimate of drug-likeness (QED) is 0.707. The van der Waals surface area contributed by atoms with Gasteiger partial charge in [0.05, 0.1) is 12.0 Å². The molecule has 1 unspecified atom stereocenters. The molecule has 1 atom stereocenters. The van der Waals surface area contributed by atoms with Gasteiger partial charge < -0.3 is 14.5 Å². The van der Waals surface area contributed by atoms with Crippen LogP contribution in [0.1, 0.15) is 46.5 Å². The van der Waals surface area contributed by atoms with Crippen molar-refractivity contribution in [3.8, 4) is 0 Å². The number of fused-ring (bicyclic) bond motifs is 1. The predicted octanol–water partition coefficient (Wildman–Crippen LogP) is 1.84. The molecule has 3 heterocycles. The molecule has 3 aliphatic heterocycles. The Bertz CT molecular complexity index is 557. The molecule has 0 radical (unpaired) electrons. The maximum atomic E-state index is 13.4. The summed E-state index contributed by atoms with van der Waals surface area (Å²) >= 11 is 0. The Morgan fingerprint density at radius 3 is 2.41 bits per heavy atom. The summed E-state index contributed by atoms with van der Waals surface area (Å²) in [4.78, 5) is 32.4. The van der Waals surface area contributed by atoms with Crippen molar-refractivity contribution >= 4 is 11.8 Å². The zero-order valence-corrected chi connectivity index (χ0v) is 17.6. The Hall–Kier alpha value is -1.14. The number of likely N-dealkylation sites (tertiary alicyclic amines) is 3. The number of carbonyl (C=O) groups excluding carboxylic acids is 2. The zero-order valence-electron chi connectivity index (χ0n) is 17.6. The molecule has 3 saturated heterocycles. The number of nitrogens with zero attached hydrogens (tertiary/aromatic N) is 3. The second-order valence-electron chi connectivity index (χ2n) is 9.18.